The zero-order valence-electron chi connectivity index (χ0n) is 11.6. The molecule has 0 saturated heterocycles. The maximum atomic E-state index is 13.4. The van der Waals surface area contributed by atoms with E-state index in [9.17, 15) is 22.4 Å². The Morgan fingerprint density at radius 1 is 1.04 bits per heavy atom. The second kappa shape index (κ2) is 5.42. The van der Waals surface area contributed by atoms with Gasteiger partial charge in [-0.25, -0.2) is 4.39 Å². The number of benzene rings is 2. The van der Waals surface area contributed by atoms with Crippen LogP contribution in [-0.2, 0) is 0 Å². The molecule has 0 fully saturated rings. The van der Waals surface area contributed by atoms with E-state index in [0.29, 0.717) is 11.4 Å². The molecule has 0 spiro atoms. The molecule has 0 unspecified atom stereocenters. The minimum Gasteiger partial charge on any atom is -0.320 e. The van der Waals surface area contributed by atoms with Gasteiger partial charge in [-0.05, 0) is 30.3 Å². The van der Waals surface area contributed by atoms with Gasteiger partial charge in [0.25, 0.3) is 5.91 Å². The number of rotatable bonds is 1. The summed E-state index contributed by atoms with van der Waals surface area (Å²) < 4.78 is 51.1. The van der Waals surface area contributed by atoms with Gasteiger partial charge in [0, 0.05) is 12.3 Å². The zero-order valence-corrected chi connectivity index (χ0v) is 11.6. The molecule has 0 aromatic heterocycles. The number of nitrogens with one attached hydrogen (secondary N) is 1. The second-order valence-electron chi connectivity index (χ2n) is 4.86. The molecule has 118 valence electrons. The lowest BCUT2D eigenvalue weighted by Gasteiger charge is -2.22. The third kappa shape index (κ3) is 3.03. The Hall–Kier alpha value is -2.83. The number of carbonyl (C=O) groups is 1. The fraction of sp³-hybridized carbons (Fsp3) is 0.0625. The van der Waals surface area contributed by atoms with Crippen molar-refractivity contribution in [1.29, 1.82) is 0 Å². The topological polar surface area (TPSA) is 32.3 Å². The van der Waals surface area contributed by atoms with Crippen molar-refractivity contribution in [3.05, 3.63) is 66.1 Å². The summed E-state index contributed by atoms with van der Waals surface area (Å²) in [6.07, 6.45) is -3.64. The lowest BCUT2D eigenvalue weighted by molar-refractivity contribution is -0.0799. The van der Waals surface area contributed by atoms with Crippen LogP contribution >= 0.6 is 0 Å². The molecule has 7 heteroatoms. The Morgan fingerprint density at radius 2 is 1.78 bits per heavy atom. The quantitative estimate of drug-likeness (QED) is 0.778. The average molecular weight is 322 g/mol. The highest BCUT2D eigenvalue weighted by atomic mass is 19.4. The molecule has 0 radical (unpaired) electrons. The molecule has 2 aromatic carbocycles. The number of nitrogens with zero attached hydrogens (tertiary/aromatic N) is 1. The van der Waals surface area contributed by atoms with Gasteiger partial charge >= 0.3 is 6.18 Å². The first-order valence-corrected chi connectivity index (χ1v) is 6.60. The highest BCUT2D eigenvalue weighted by Gasteiger charge is 2.27. The van der Waals surface area contributed by atoms with Crippen molar-refractivity contribution in [2.24, 2.45) is 0 Å². The molecule has 0 atom stereocenters. The first kappa shape index (κ1) is 15.1. The average Bonchev–Trinajstić information content (AvgIpc) is 2.59. The zero-order chi connectivity index (χ0) is 16.6. The van der Waals surface area contributed by atoms with E-state index in [1.807, 2.05) is 0 Å². The molecule has 3 rings (SSSR count). The van der Waals surface area contributed by atoms with Crippen LogP contribution in [0.1, 0.15) is 10.4 Å². The summed E-state index contributed by atoms with van der Waals surface area (Å²) in [7, 11) is 0. The second-order valence-corrected chi connectivity index (χ2v) is 4.86. The number of anilines is 3. The van der Waals surface area contributed by atoms with Crippen LogP contribution in [-0.4, -0.2) is 12.1 Å². The maximum absolute atomic E-state index is 13.4. The van der Waals surface area contributed by atoms with Crippen molar-refractivity contribution < 1.29 is 22.4 Å². The molecular formula is C16H10F4N2O. The summed E-state index contributed by atoms with van der Waals surface area (Å²) in [6.45, 7) is 0. The molecule has 0 bridgehead atoms. The van der Waals surface area contributed by atoms with Crippen molar-refractivity contribution in [2.75, 3.05) is 10.2 Å². The monoisotopic (exact) mass is 322 g/mol. The van der Waals surface area contributed by atoms with E-state index in [1.54, 1.807) is 24.3 Å². The van der Waals surface area contributed by atoms with E-state index in [1.165, 1.54) is 11.0 Å². The van der Waals surface area contributed by atoms with Gasteiger partial charge in [0.1, 0.15) is 5.82 Å². The van der Waals surface area contributed by atoms with E-state index in [0.717, 1.165) is 18.3 Å². The smallest absolute Gasteiger partial charge is 0.320 e. The molecule has 1 N–H and O–H groups in total. The Labute approximate surface area is 128 Å². The molecule has 2 aromatic rings. The minimum absolute atomic E-state index is 0.0481. The van der Waals surface area contributed by atoms with E-state index >= 15 is 0 Å². The van der Waals surface area contributed by atoms with Gasteiger partial charge in [-0.1, -0.05) is 12.1 Å². The summed E-state index contributed by atoms with van der Waals surface area (Å²) in [5, 5.41) is 2.57. The summed E-state index contributed by atoms with van der Waals surface area (Å²) in [5.41, 5.74) is 0.801. The predicted octanol–water partition coefficient (Wildman–Crippen LogP) is 4.61. The fourth-order valence-corrected chi connectivity index (χ4v) is 2.33. The molecule has 3 nitrogen and oxygen atoms in total. The van der Waals surface area contributed by atoms with Gasteiger partial charge in [-0.15, -0.1) is 0 Å². The van der Waals surface area contributed by atoms with E-state index < -0.39 is 17.9 Å². The van der Waals surface area contributed by atoms with Crippen LogP contribution in [0.2, 0.25) is 0 Å². The number of hydrogen-bond acceptors (Lipinski definition) is 2. The van der Waals surface area contributed by atoms with Gasteiger partial charge in [0.15, 0.2) is 0 Å². The molecule has 0 aliphatic carbocycles. The van der Waals surface area contributed by atoms with Gasteiger partial charge in [0.05, 0.1) is 22.6 Å². The number of fused-ring (bicyclic) bond motifs is 2. The molecular weight excluding hydrogens is 312 g/mol. The van der Waals surface area contributed by atoms with Crippen LogP contribution in [0.25, 0.3) is 0 Å². The van der Waals surface area contributed by atoms with Gasteiger partial charge in [-0.2, -0.15) is 13.2 Å². The molecule has 1 heterocycles. The van der Waals surface area contributed by atoms with Crippen LogP contribution in [0.15, 0.2) is 54.7 Å². The normalized spacial score (nSPS) is 14.3. The van der Waals surface area contributed by atoms with Gasteiger partial charge in [-0.3, -0.25) is 4.79 Å². The Morgan fingerprint density at radius 3 is 2.52 bits per heavy atom. The number of amides is 1. The fourth-order valence-electron chi connectivity index (χ4n) is 2.33. The maximum Gasteiger partial charge on any atom is 0.411 e. The Balaban J connectivity index is 2.22. The lowest BCUT2D eigenvalue weighted by Crippen LogP contribution is -2.13. The molecule has 1 aliphatic heterocycles. The Bertz CT molecular complexity index is 799. The summed E-state index contributed by atoms with van der Waals surface area (Å²) in [5.74, 6) is -1.24. The van der Waals surface area contributed by atoms with Gasteiger partial charge < -0.3 is 10.2 Å². The minimum atomic E-state index is -4.52. The predicted molar refractivity (Wildman–Crippen MR) is 78.1 cm³/mol. The highest BCUT2D eigenvalue weighted by molar-refractivity contribution is 6.12. The van der Waals surface area contributed by atoms with Crippen LogP contribution in [0.5, 0.6) is 0 Å². The molecule has 0 saturated carbocycles. The third-order valence-corrected chi connectivity index (χ3v) is 3.29. The van der Waals surface area contributed by atoms with Crippen LogP contribution in [0, 0.1) is 5.82 Å². The van der Waals surface area contributed by atoms with E-state index in [2.05, 4.69) is 5.32 Å². The number of halogens is 4. The van der Waals surface area contributed by atoms with Crippen molar-refractivity contribution in [1.82, 2.24) is 0 Å². The molecule has 23 heavy (non-hydrogen) atoms. The Kier molecular flexibility index (Phi) is 3.55. The number of para-hydroxylation sites is 2. The van der Waals surface area contributed by atoms with Gasteiger partial charge in [0.2, 0.25) is 0 Å². The van der Waals surface area contributed by atoms with E-state index in [-0.39, 0.29) is 17.3 Å². The van der Waals surface area contributed by atoms with Crippen LogP contribution < -0.4 is 10.2 Å². The number of carbonyl (C=O) groups excluding carboxylic acids is 1. The largest absolute Gasteiger partial charge is 0.411 e. The summed E-state index contributed by atoms with van der Waals surface area (Å²) >= 11 is 0. The molecule has 1 amide bonds. The first-order valence-electron chi connectivity index (χ1n) is 6.60. The highest BCUT2D eigenvalue weighted by Crippen LogP contribution is 2.38. The number of hydrogen-bond donors (Lipinski definition) is 1. The van der Waals surface area contributed by atoms with Crippen molar-refractivity contribution >= 4 is 23.0 Å². The standard InChI is InChI=1S/C16H10F4N2O/c17-10-5-6-13-11(9-10)15(23)21-12-3-1-2-4-14(12)22(13)8-7-16(18,19)20/h1-9H,(H,21,23)/b8-7+. The summed E-state index contributed by atoms with van der Waals surface area (Å²) in [6, 6.07) is 9.75. The summed E-state index contributed by atoms with van der Waals surface area (Å²) in [4.78, 5) is 13.4. The van der Waals surface area contributed by atoms with Crippen LogP contribution in [0.4, 0.5) is 34.6 Å². The van der Waals surface area contributed by atoms with Crippen LogP contribution in [0.3, 0.4) is 0 Å². The lowest BCUT2D eigenvalue weighted by atomic mass is 10.1. The number of alkyl halides is 3. The molecule has 1 aliphatic rings. The number of allylic oxidation sites excluding steroid dienone is 1. The first-order chi connectivity index (χ1) is 10.8. The van der Waals surface area contributed by atoms with Crippen molar-refractivity contribution in [3.63, 3.8) is 0 Å². The van der Waals surface area contributed by atoms with E-state index in [4.69, 9.17) is 0 Å². The SMILES string of the molecule is O=C1Nc2ccccc2N(/C=C/C(F)(F)F)c2ccc(F)cc21. The van der Waals surface area contributed by atoms with Crippen molar-refractivity contribution in [2.45, 2.75) is 6.18 Å². The van der Waals surface area contributed by atoms with Crippen molar-refractivity contribution in [3.8, 4) is 0 Å². The third-order valence-electron chi connectivity index (χ3n) is 3.29.